The standard InChI is InChI=1S/C14H12O11S3.3K/c15-24-27(20,21)13-6-10-3-8-1-2-12(26(17,18)19)5-9(8)4-11(10)7-14(13)28(22,23)25-16;;;/h1-5,7,13,15-16H,6H2,(H,17,18,19);;;/q;3*+1/p-3. The van der Waals surface area contributed by atoms with Gasteiger partial charge in [0.1, 0.15) is 15.4 Å². The minimum Gasteiger partial charge on any atom is -0.744 e. The normalized spacial score (nSPS) is 16.2. The molecule has 2 aromatic rings. The van der Waals surface area contributed by atoms with Crippen LogP contribution in [0.2, 0.25) is 0 Å². The fourth-order valence-corrected chi connectivity index (χ4v) is 5.72. The monoisotopic (exact) mass is 566 g/mol. The molecule has 17 heteroatoms. The van der Waals surface area contributed by atoms with Gasteiger partial charge in [0.25, 0.3) is 20.2 Å². The summed E-state index contributed by atoms with van der Waals surface area (Å²) in [6.07, 6.45) is 0.289. The second-order valence-electron chi connectivity index (χ2n) is 5.84. The molecule has 0 spiro atoms. The van der Waals surface area contributed by atoms with Gasteiger partial charge in [0.05, 0.1) is 9.80 Å². The molecule has 3 rings (SSSR count). The summed E-state index contributed by atoms with van der Waals surface area (Å²) in [7, 11) is -14.7. The third kappa shape index (κ3) is 7.74. The summed E-state index contributed by atoms with van der Waals surface area (Å²) in [4.78, 5) is -1.52. The zero-order valence-electron chi connectivity index (χ0n) is 16.5. The maximum absolute atomic E-state index is 11.9. The van der Waals surface area contributed by atoms with Gasteiger partial charge in [-0.3, -0.25) is 0 Å². The topological polar surface area (TPSA) is 190 Å². The van der Waals surface area contributed by atoms with Crippen LogP contribution in [0.1, 0.15) is 11.1 Å². The van der Waals surface area contributed by atoms with Gasteiger partial charge in [-0.2, -0.15) is 16.8 Å². The van der Waals surface area contributed by atoms with E-state index < -0.39 is 51.8 Å². The molecule has 1 atom stereocenters. The van der Waals surface area contributed by atoms with Crippen molar-refractivity contribution < 1.29 is 203 Å². The summed E-state index contributed by atoms with van der Waals surface area (Å²) in [6, 6.07) is 6.17. The van der Waals surface area contributed by atoms with Gasteiger partial charge in [-0.1, -0.05) is 12.1 Å². The predicted molar refractivity (Wildman–Crippen MR) is 87.4 cm³/mol. The Kier molecular flexibility index (Phi) is 14.2. The summed E-state index contributed by atoms with van der Waals surface area (Å²) in [5.74, 6) is 0. The molecule has 0 amide bonds. The van der Waals surface area contributed by atoms with Crippen molar-refractivity contribution >= 4 is 47.2 Å². The van der Waals surface area contributed by atoms with Crippen molar-refractivity contribution in [3.8, 4) is 0 Å². The molecule has 2 aromatic carbocycles. The largest absolute Gasteiger partial charge is 1.00 e. The van der Waals surface area contributed by atoms with Gasteiger partial charge in [0.2, 0.25) is 0 Å². The smallest absolute Gasteiger partial charge is 0.744 e. The van der Waals surface area contributed by atoms with Crippen molar-refractivity contribution in [3.63, 3.8) is 0 Å². The molecule has 1 unspecified atom stereocenters. The maximum atomic E-state index is 11.9. The molecule has 0 N–H and O–H groups in total. The molecular weight excluding hydrogens is 558 g/mol. The Labute approximate surface area is 306 Å². The van der Waals surface area contributed by atoms with Crippen molar-refractivity contribution in [2.45, 2.75) is 16.6 Å². The van der Waals surface area contributed by atoms with E-state index in [-0.39, 0.29) is 171 Å². The van der Waals surface area contributed by atoms with Crippen LogP contribution in [0.25, 0.3) is 16.8 Å². The van der Waals surface area contributed by atoms with E-state index in [1.165, 1.54) is 18.2 Å². The molecule has 0 saturated carbocycles. The van der Waals surface area contributed by atoms with Crippen LogP contribution >= 0.6 is 0 Å². The minimum absolute atomic E-state index is 0. The average molecular weight is 567 g/mol. The van der Waals surface area contributed by atoms with Crippen LogP contribution in [0.15, 0.2) is 40.1 Å². The van der Waals surface area contributed by atoms with Crippen LogP contribution in [-0.2, 0) is 45.4 Å². The van der Waals surface area contributed by atoms with Crippen LogP contribution in [0.4, 0.5) is 0 Å². The SMILES string of the molecule is O=S(=O)(O[O-])C1=Cc2cc3cc(S(=O)(=O)[O-])ccc3cc2CC1S(=O)(=O)O[O-].[K+].[K+].[K+]. The van der Waals surface area contributed by atoms with Gasteiger partial charge in [-0.25, -0.2) is 8.42 Å². The molecule has 0 fully saturated rings. The summed E-state index contributed by atoms with van der Waals surface area (Å²) >= 11 is 0. The fraction of sp³-hybridized carbons (Fsp3) is 0.143. The second-order valence-corrected chi connectivity index (χ2v) is 10.4. The molecule has 0 bridgehead atoms. The van der Waals surface area contributed by atoms with Crippen LogP contribution in [0.3, 0.4) is 0 Å². The first-order chi connectivity index (χ1) is 12.9. The Morgan fingerprint density at radius 2 is 1.45 bits per heavy atom. The van der Waals surface area contributed by atoms with E-state index in [9.17, 15) is 40.3 Å². The Hall–Kier alpha value is 3.00. The van der Waals surface area contributed by atoms with Crippen molar-refractivity contribution in [1.82, 2.24) is 0 Å². The molecule has 11 nitrogen and oxygen atoms in total. The number of benzene rings is 2. The Morgan fingerprint density at radius 1 is 0.839 bits per heavy atom. The van der Waals surface area contributed by atoms with Crippen LogP contribution in [0, 0.1) is 0 Å². The fourth-order valence-electron chi connectivity index (χ4n) is 2.92. The Morgan fingerprint density at radius 3 is 1.97 bits per heavy atom. The molecule has 0 aliphatic heterocycles. The molecule has 1 aliphatic rings. The third-order valence-electron chi connectivity index (χ3n) is 4.20. The molecule has 152 valence electrons. The van der Waals surface area contributed by atoms with Gasteiger partial charge in [-0.15, -0.1) is 0 Å². The van der Waals surface area contributed by atoms with E-state index in [4.69, 9.17) is 0 Å². The van der Waals surface area contributed by atoms with Gasteiger partial charge in [-0.05, 0) is 52.6 Å². The molecule has 0 aromatic heterocycles. The molecule has 0 radical (unpaired) electrons. The Balaban J connectivity index is 0.00000300. The maximum Gasteiger partial charge on any atom is 1.00 e. The summed E-state index contributed by atoms with van der Waals surface area (Å²) in [5, 5.41) is 19.8. The van der Waals surface area contributed by atoms with Gasteiger partial charge < -0.3 is 23.7 Å². The number of fused-ring (bicyclic) bond motifs is 2. The van der Waals surface area contributed by atoms with E-state index in [0.717, 1.165) is 18.2 Å². The zero-order chi connectivity index (χ0) is 20.9. The number of hydrogen-bond donors (Lipinski definition) is 0. The Bertz CT molecular complexity index is 1320. The zero-order valence-corrected chi connectivity index (χ0v) is 28.3. The van der Waals surface area contributed by atoms with Crippen LogP contribution < -0.4 is 165 Å². The van der Waals surface area contributed by atoms with Gasteiger partial charge >= 0.3 is 154 Å². The van der Waals surface area contributed by atoms with Crippen molar-refractivity contribution in [2.24, 2.45) is 0 Å². The first-order valence-electron chi connectivity index (χ1n) is 7.25. The summed E-state index contributed by atoms with van der Waals surface area (Å²) < 4.78 is 87.2. The van der Waals surface area contributed by atoms with Crippen molar-refractivity contribution in [3.05, 3.63) is 46.4 Å². The first-order valence-corrected chi connectivity index (χ1v) is 11.5. The summed E-state index contributed by atoms with van der Waals surface area (Å²) in [5.41, 5.74) is 0.404. The average Bonchev–Trinajstić information content (AvgIpc) is 2.64. The summed E-state index contributed by atoms with van der Waals surface area (Å²) in [6.45, 7) is 0. The molecule has 0 heterocycles. The van der Waals surface area contributed by atoms with Crippen molar-refractivity contribution in [1.29, 1.82) is 0 Å². The van der Waals surface area contributed by atoms with Crippen LogP contribution in [-0.4, -0.2) is 35.1 Å². The van der Waals surface area contributed by atoms with Gasteiger partial charge in [0, 0.05) is 0 Å². The third-order valence-corrected chi connectivity index (χ3v) is 7.65. The van der Waals surface area contributed by atoms with E-state index in [0.29, 0.717) is 5.39 Å². The van der Waals surface area contributed by atoms with E-state index >= 15 is 0 Å². The van der Waals surface area contributed by atoms with Gasteiger partial charge in [0.15, 0.2) is 0 Å². The van der Waals surface area contributed by atoms with E-state index in [2.05, 4.69) is 8.67 Å². The van der Waals surface area contributed by atoms with Crippen LogP contribution in [0.5, 0.6) is 0 Å². The molecule has 31 heavy (non-hydrogen) atoms. The number of rotatable bonds is 5. The van der Waals surface area contributed by atoms with Crippen molar-refractivity contribution in [2.75, 3.05) is 0 Å². The number of hydrogen-bond acceptors (Lipinski definition) is 11. The molecular formula is C14H9K3O11S3. The first kappa shape index (κ1) is 34.0. The molecule has 1 aliphatic carbocycles. The minimum atomic E-state index is -5.03. The second kappa shape index (κ2) is 13.0. The van der Waals surface area contributed by atoms with E-state index in [1.807, 2.05) is 0 Å². The van der Waals surface area contributed by atoms with E-state index in [1.54, 1.807) is 0 Å². The molecule has 0 saturated heterocycles. The predicted octanol–water partition coefficient (Wildman–Crippen LogP) is -10.7. The quantitative estimate of drug-likeness (QED) is 0.145.